The topological polar surface area (TPSA) is 67.4 Å². The summed E-state index contributed by atoms with van der Waals surface area (Å²) in [7, 11) is -2.08. The van der Waals surface area contributed by atoms with Crippen LogP contribution in [-0.2, 0) is 10.0 Å². The van der Waals surface area contributed by atoms with E-state index in [0.717, 1.165) is 31.5 Å². The molecule has 126 valence electrons. The van der Waals surface area contributed by atoms with E-state index in [-0.39, 0.29) is 22.7 Å². The zero-order valence-corrected chi connectivity index (χ0v) is 14.9. The standard InChI is InChI=1S/C15H24N2O3S.ClH/c1-12-5-6-13(20-3)14(9-12)21(18,19)17-11-15(2)7-4-8-16-10-15;/h5-6,9,16-17H,4,7-8,10-11H2,1-3H3;1H. The molecule has 0 saturated carbocycles. The molecule has 0 radical (unpaired) electrons. The van der Waals surface area contributed by atoms with Gasteiger partial charge in [0.2, 0.25) is 10.0 Å². The zero-order chi connectivity index (χ0) is 15.5. The van der Waals surface area contributed by atoms with Gasteiger partial charge in [-0.05, 0) is 49.4 Å². The van der Waals surface area contributed by atoms with Gasteiger partial charge in [0.15, 0.2) is 0 Å². The Bertz CT molecular complexity index is 599. The molecule has 22 heavy (non-hydrogen) atoms. The normalized spacial score (nSPS) is 22.0. The Balaban J connectivity index is 0.00000242. The molecule has 1 saturated heterocycles. The first-order valence-electron chi connectivity index (χ1n) is 7.21. The van der Waals surface area contributed by atoms with E-state index in [4.69, 9.17) is 4.74 Å². The van der Waals surface area contributed by atoms with Crippen molar-refractivity contribution in [3.05, 3.63) is 23.8 Å². The number of rotatable bonds is 5. The van der Waals surface area contributed by atoms with Crippen LogP contribution in [-0.4, -0.2) is 35.2 Å². The van der Waals surface area contributed by atoms with Crippen molar-refractivity contribution in [2.45, 2.75) is 31.6 Å². The number of halogens is 1. The average Bonchev–Trinajstić information content (AvgIpc) is 2.46. The van der Waals surface area contributed by atoms with Crippen LogP contribution in [0.1, 0.15) is 25.3 Å². The van der Waals surface area contributed by atoms with Crippen LogP contribution in [0.3, 0.4) is 0 Å². The molecule has 0 aliphatic carbocycles. The highest BCUT2D eigenvalue weighted by atomic mass is 35.5. The van der Waals surface area contributed by atoms with E-state index >= 15 is 0 Å². The lowest BCUT2D eigenvalue weighted by Gasteiger charge is -2.34. The van der Waals surface area contributed by atoms with Gasteiger partial charge in [-0.1, -0.05) is 13.0 Å². The van der Waals surface area contributed by atoms with E-state index in [1.165, 1.54) is 7.11 Å². The van der Waals surface area contributed by atoms with Crippen LogP contribution >= 0.6 is 12.4 Å². The van der Waals surface area contributed by atoms with Crippen LogP contribution in [0.2, 0.25) is 0 Å². The first-order chi connectivity index (χ1) is 9.86. The Labute approximate surface area is 139 Å². The van der Waals surface area contributed by atoms with Crippen molar-refractivity contribution in [1.82, 2.24) is 10.0 Å². The molecule has 1 aliphatic heterocycles. The van der Waals surface area contributed by atoms with E-state index in [2.05, 4.69) is 17.0 Å². The fourth-order valence-electron chi connectivity index (χ4n) is 2.61. The Kier molecular flexibility index (Phi) is 6.67. The Morgan fingerprint density at radius 3 is 2.73 bits per heavy atom. The Morgan fingerprint density at radius 2 is 2.14 bits per heavy atom. The first-order valence-corrected chi connectivity index (χ1v) is 8.70. The predicted molar refractivity (Wildman–Crippen MR) is 90.4 cm³/mol. The minimum absolute atomic E-state index is 0. The van der Waals surface area contributed by atoms with Gasteiger partial charge in [0.1, 0.15) is 10.6 Å². The number of hydrogen-bond acceptors (Lipinski definition) is 4. The fourth-order valence-corrected chi connectivity index (χ4v) is 4.06. The van der Waals surface area contributed by atoms with Gasteiger partial charge in [0.05, 0.1) is 7.11 Å². The molecule has 0 aromatic heterocycles. The quantitative estimate of drug-likeness (QED) is 0.855. The highest BCUT2D eigenvalue weighted by molar-refractivity contribution is 7.89. The van der Waals surface area contributed by atoms with Crippen LogP contribution < -0.4 is 14.8 Å². The summed E-state index contributed by atoms with van der Waals surface area (Å²) >= 11 is 0. The van der Waals surface area contributed by atoms with Gasteiger partial charge in [-0.2, -0.15) is 0 Å². The maximum Gasteiger partial charge on any atom is 0.244 e. The third-order valence-electron chi connectivity index (χ3n) is 3.98. The van der Waals surface area contributed by atoms with Gasteiger partial charge < -0.3 is 10.1 Å². The molecule has 5 nitrogen and oxygen atoms in total. The predicted octanol–water partition coefficient (Wildman–Crippen LogP) is 2.09. The van der Waals surface area contributed by atoms with Crippen LogP contribution in [0, 0.1) is 12.3 Å². The van der Waals surface area contributed by atoms with E-state index in [1.54, 1.807) is 12.1 Å². The van der Waals surface area contributed by atoms with Gasteiger partial charge in [0, 0.05) is 13.1 Å². The van der Waals surface area contributed by atoms with Crippen LogP contribution in [0.15, 0.2) is 23.1 Å². The number of sulfonamides is 1. The van der Waals surface area contributed by atoms with Crippen molar-refractivity contribution in [3.63, 3.8) is 0 Å². The summed E-state index contributed by atoms with van der Waals surface area (Å²) in [6, 6.07) is 5.17. The highest BCUT2D eigenvalue weighted by Gasteiger charge is 2.29. The minimum Gasteiger partial charge on any atom is -0.495 e. The molecule has 7 heteroatoms. The lowest BCUT2D eigenvalue weighted by atomic mass is 9.83. The molecule has 1 unspecified atom stereocenters. The molecule has 0 spiro atoms. The van der Waals surface area contributed by atoms with Crippen molar-refractivity contribution in [2.75, 3.05) is 26.7 Å². The lowest BCUT2D eigenvalue weighted by Crippen LogP contribution is -2.45. The monoisotopic (exact) mass is 348 g/mol. The summed E-state index contributed by atoms with van der Waals surface area (Å²) in [5, 5.41) is 3.32. The van der Waals surface area contributed by atoms with E-state index in [9.17, 15) is 8.42 Å². The van der Waals surface area contributed by atoms with Crippen molar-refractivity contribution < 1.29 is 13.2 Å². The van der Waals surface area contributed by atoms with Gasteiger partial charge in [-0.15, -0.1) is 12.4 Å². The maximum atomic E-state index is 12.5. The van der Waals surface area contributed by atoms with Gasteiger partial charge >= 0.3 is 0 Å². The number of benzene rings is 1. The summed E-state index contributed by atoms with van der Waals surface area (Å²) < 4.78 is 33.0. The molecule has 1 aliphatic rings. The van der Waals surface area contributed by atoms with Crippen LogP contribution in [0.4, 0.5) is 0 Å². The maximum absolute atomic E-state index is 12.5. The molecule has 1 aromatic rings. The molecule has 0 amide bonds. The molecule has 2 rings (SSSR count). The second-order valence-corrected chi connectivity index (χ2v) is 7.81. The molecule has 1 atom stereocenters. The SMILES string of the molecule is COc1ccc(C)cc1S(=O)(=O)NCC1(C)CCCNC1.Cl. The molecule has 0 bridgehead atoms. The molecule has 1 heterocycles. The Morgan fingerprint density at radius 1 is 1.41 bits per heavy atom. The second-order valence-electron chi connectivity index (χ2n) is 6.07. The highest BCUT2D eigenvalue weighted by Crippen LogP contribution is 2.27. The van der Waals surface area contributed by atoms with Gasteiger partial charge in [0.25, 0.3) is 0 Å². The largest absolute Gasteiger partial charge is 0.495 e. The van der Waals surface area contributed by atoms with E-state index < -0.39 is 10.0 Å². The summed E-state index contributed by atoms with van der Waals surface area (Å²) in [5.74, 6) is 0.375. The van der Waals surface area contributed by atoms with E-state index in [1.807, 2.05) is 13.0 Å². The first kappa shape index (κ1) is 19.2. The average molecular weight is 349 g/mol. The van der Waals surface area contributed by atoms with E-state index in [0.29, 0.717) is 12.3 Å². The van der Waals surface area contributed by atoms with Gasteiger partial charge in [-0.3, -0.25) is 0 Å². The summed E-state index contributed by atoms with van der Waals surface area (Å²) in [6.45, 7) is 6.24. The summed E-state index contributed by atoms with van der Waals surface area (Å²) in [4.78, 5) is 0.206. The molecule has 2 N–H and O–H groups in total. The van der Waals surface area contributed by atoms with Crippen LogP contribution in [0.25, 0.3) is 0 Å². The minimum atomic E-state index is -3.57. The molecule has 1 aromatic carbocycles. The summed E-state index contributed by atoms with van der Waals surface area (Å²) in [6.07, 6.45) is 2.10. The number of nitrogens with one attached hydrogen (secondary N) is 2. The molecular weight excluding hydrogens is 324 g/mol. The van der Waals surface area contributed by atoms with Crippen LogP contribution in [0.5, 0.6) is 5.75 Å². The second kappa shape index (κ2) is 7.64. The zero-order valence-electron chi connectivity index (χ0n) is 13.3. The number of methoxy groups -OCH3 is 1. The van der Waals surface area contributed by atoms with Crippen molar-refractivity contribution in [2.24, 2.45) is 5.41 Å². The Hall–Kier alpha value is -0.820. The lowest BCUT2D eigenvalue weighted by molar-refractivity contribution is 0.238. The molecule has 1 fully saturated rings. The number of hydrogen-bond donors (Lipinski definition) is 2. The third kappa shape index (κ3) is 4.59. The number of ether oxygens (including phenoxy) is 1. The smallest absolute Gasteiger partial charge is 0.244 e. The number of aryl methyl sites for hydroxylation is 1. The van der Waals surface area contributed by atoms with Crippen molar-refractivity contribution in [1.29, 1.82) is 0 Å². The van der Waals surface area contributed by atoms with Crippen molar-refractivity contribution in [3.8, 4) is 5.75 Å². The van der Waals surface area contributed by atoms with Gasteiger partial charge in [-0.25, -0.2) is 13.1 Å². The fraction of sp³-hybridized carbons (Fsp3) is 0.600. The van der Waals surface area contributed by atoms with Crippen molar-refractivity contribution >= 4 is 22.4 Å². The third-order valence-corrected chi connectivity index (χ3v) is 5.41. The summed E-state index contributed by atoms with van der Waals surface area (Å²) in [5.41, 5.74) is 0.851. The molecular formula is C15H25ClN2O3S. The number of piperidine rings is 1.